The van der Waals surface area contributed by atoms with Gasteiger partial charge in [-0.1, -0.05) is 0 Å². The third-order valence-electron chi connectivity index (χ3n) is 2.17. The molecule has 1 aliphatic rings. The van der Waals surface area contributed by atoms with E-state index in [0.29, 0.717) is 0 Å². The molecule has 0 amide bonds. The third-order valence-corrected chi connectivity index (χ3v) is 2.17. The molecule has 1 rings (SSSR count). The zero-order valence-electron chi connectivity index (χ0n) is 8.77. The predicted molar refractivity (Wildman–Crippen MR) is 56.8 cm³/mol. The van der Waals surface area contributed by atoms with Crippen LogP contribution >= 0.6 is 0 Å². The van der Waals surface area contributed by atoms with Crippen molar-refractivity contribution in [3.63, 3.8) is 0 Å². The van der Waals surface area contributed by atoms with E-state index in [9.17, 15) is 19.2 Å². The Morgan fingerprint density at radius 3 is 1.50 bits per heavy atom. The number of ketones is 4. The second kappa shape index (κ2) is 5.90. The third kappa shape index (κ3) is 4.59. The van der Waals surface area contributed by atoms with Crippen LogP contribution in [0.4, 0.5) is 0 Å². The molecule has 16 heavy (non-hydrogen) atoms. The van der Waals surface area contributed by atoms with E-state index in [1.807, 2.05) is 0 Å². The monoisotopic (exact) mass is 220 g/mol. The Morgan fingerprint density at radius 2 is 1.06 bits per heavy atom. The molecule has 0 atom stereocenters. The molecule has 0 radical (unpaired) electrons. The second-order valence-corrected chi connectivity index (χ2v) is 3.54. The zero-order valence-corrected chi connectivity index (χ0v) is 8.77. The summed E-state index contributed by atoms with van der Waals surface area (Å²) in [7, 11) is 0. The van der Waals surface area contributed by atoms with E-state index < -0.39 is 5.78 Å². The van der Waals surface area contributed by atoms with Crippen LogP contribution in [0.15, 0.2) is 24.3 Å². The Hall–Kier alpha value is -1.84. The van der Waals surface area contributed by atoms with Crippen LogP contribution in [0.25, 0.3) is 0 Å². The van der Waals surface area contributed by atoms with Crippen molar-refractivity contribution in [3.8, 4) is 0 Å². The highest BCUT2D eigenvalue weighted by Crippen LogP contribution is 2.03. The van der Waals surface area contributed by atoms with E-state index in [4.69, 9.17) is 0 Å². The molecule has 0 N–H and O–H groups in total. The van der Waals surface area contributed by atoms with Gasteiger partial charge in [0.2, 0.25) is 0 Å². The highest BCUT2D eigenvalue weighted by molar-refractivity contribution is 6.07. The van der Waals surface area contributed by atoms with E-state index in [1.165, 1.54) is 0 Å². The maximum atomic E-state index is 11.2. The Balaban J connectivity index is 2.76. The van der Waals surface area contributed by atoms with Gasteiger partial charge in [0.1, 0.15) is 5.78 Å². The fraction of sp³-hybridized carbons (Fsp3) is 0.333. The van der Waals surface area contributed by atoms with E-state index >= 15 is 0 Å². The molecule has 0 saturated heterocycles. The maximum absolute atomic E-state index is 11.2. The van der Waals surface area contributed by atoms with E-state index in [2.05, 4.69) is 0 Å². The lowest BCUT2D eigenvalue weighted by Gasteiger charge is -1.98. The number of allylic oxidation sites excluding steroid dienone is 4. The maximum Gasteiger partial charge on any atom is 0.178 e. The molecule has 0 fully saturated rings. The van der Waals surface area contributed by atoms with Crippen molar-refractivity contribution in [2.45, 2.75) is 25.7 Å². The zero-order chi connectivity index (χ0) is 12.0. The minimum absolute atomic E-state index is 0.0977. The van der Waals surface area contributed by atoms with Crippen LogP contribution in [0.5, 0.6) is 0 Å². The predicted octanol–water partition coefficient (Wildman–Crippen LogP) is 0.949. The summed E-state index contributed by atoms with van der Waals surface area (Å²) in [5, 5.41) is 0. The SMILES string of the molecule is O=C1/C=C\C(=O)CCC(=O)CCC(=O)/C=C\1. The molecule has 0 heterocycles. The molecule has 4 heteroatoms. The average molecular weight is 220 g/mol. The van der Waals surface area contributed by atoms with Crippen LogP contribution in [0.3, 0.4) is 0 Å². The number of hydrogen-bond donors (Lipinski definition) is 0. The summed E-state index contributed by atoms with van der Waals surface area (Å²) in [4.78, 5) is 44.7. The first kappa shape index (κ1) is 12.2. The smallest absolute Gasteiger partial charge is 0.178 e. The molecular weight excluding hydrogens is 208 g/mol. The summed E-state index contributed by atoms with van der Waals surface area (Å²) in [5.41, 5.74) is 0. The van der Waals surface area contributed by atoms with Gasteiger partial charge in [-0.3, -0.25) is 19.2 Å². The molecule has 0 spiro atoms. The quantitative estimate of drug-likeness (QED) is 0.609. The van der Waals surface area contributed by atoms with Crippen LogP contribution in [0.2, 0.25) is 0 Å². The molecule has 84 valence electrons. The van der Waals surface area contributed by atoms with Gasteiger partial charge < -0.3 is 0 Å². The molecule has 0 saturated carbocycles. The lowest BCUT2D eigenvalue weighted by atomic mass is 10.0. The minimum Gasteiger partial charge on any atom is -0.300 e. The van der Waals surface area contributed by atoms with Crippen molar-refractivity contribution < 1.29 is 19.2 Å². The van der Waals surface area contributed by atoms with Crippen molar-refractivity contribution in [2.75, 3.05) is 0 Å². The van der Waals surface area contributed by atoms with Crippen LogP contribution in [-0.2, 0) is 19.2 Å². The number of carbonyl (C=O) groups is 4. The fourth-order valence-corrected chi connectivity index (χ4v) is 1.22. The summed E-state index contributed by atoms with van der Waals surface area (Å²) in [5.74, 6) is -0.993. The van der Waals surface area contributed by atoms with Crippen molar-refractivity contribution in [3.05, 3.63) is 24.3 Å². The Labute approximate surface area is 93.0 Å². The highest BCUT2D eigenvalue weighted by Gasteiger charge is 2.08. The van der Waals surface area contributed by atoms with Crippen molar-refractivity contribution >= 4 is 23.1 Å². The summed E-state index contributed by atoms with van der Waals surface area (Å²) >= 11 is 0. The first-order valence-corrected chi connectivity index (χ1v) is 5.05. The molecule has 1 aliphatic carbocycles. The van der Waals surface area contributed by atoms with Crippen molar-refractivity contribution in [1.82, 2.24) is 0 Å². The molecular formula is C12H12O4. The summed E-state index contributed by atoms with van der Waals surface area (Å²) in [6, 6.07) is 0. The number of Topliss-reactive ketones (excluding diaryl/α,β-unsaturated/α-hetero) is 1. The molecule has 0 aromatic rings. The van der Waals surface area contributed by atoms with Gasteiger partial charge in [-0.15, -0.1) is 0 Å². The summed E-state index contributed by atoms with van der Waals surface area (Å²) in [6.45, 7) is 0. The molecule has 0 aromatic heterocycles. The molecule has 0 unspecified atom stereocenters. The summed E-state index contributed by atoms with van der Waals surface area (Å²) in [6.07, 6.45) is 4.97. The van der Waals surface area contributed by atoms with Gasteiger partial charge in [-0.25, -0.2) is 0 Å². The standard InChI is InChI=1S/C12H12O4/c13-9-1-2-10(14)5-6-12(16)8-7-11(15)4-3-9/h1-4H,5-8H2/b2-1-,4-3-. The first-order valence-electron chi connectivity index (χ1n) is 5.05. The largest absolute Gasteiger partial charge is 0.300 e. The van der Waals surface area contributed by atoms with Crippen molar-refractivity contribution in [2.24, 2.45) is 0 Å². The Kier molecular flexibility index (Phi) is 4.51. The van der Waals surface area contributed by atoms with Crippen LogP contribution in [0, 0.1) is 0 Å². The molecule has 0 aromatic carbocycles. The van der Waals surface area contributed by atoms with Crippen LogP contribution < -0.4 is 0 Å². The summed E-state index contributed by atoms with van der Waals surface area (Å²) < 4.78 is 0. The lowest BCUT2D eigenvalue weighted by Crippen LogP contribution is -2.06. The van der Waals surface area contributed by atoms with Crippen molar-refractivity contribution in [1.29, 1.82) is 0 Å². The van der Waals surface area contributed by atoms with E-state index in [1.54, 1.807) is 0 Å². The van der Waals surface area contributed by atoms with Gasteiger partial charge in [0, 0.05) is 25.7 Å². The van der Waals surface area contributed by atoms with Gasteiger partial charge in [0.25, 0.3) is 0 Å². The average Bonchev–Trinajstić information content (AvgIpc) is 2.27. The first-order chi connectivity index (χ1) is 7.58. The van der Waals surface area contributed by atoms with Gasteiger partial charge in [-0.2, -0.15) is 0 Å². The second-order valence-electron chi connectivity index (χ2n) is 3.54. The highest BCUT2D eigenvalue weighted by atomic mass is 16.1. The van der Waals surface area contributed by atoms with E-state index in [-0.39, 0.29) is 43.0 Å². The Morgan fingerprint density at radius 1 is 0.625 bits per heavy atom. The number of rotatable bonds is 0. The lowest BCUT2D eigenvalue weighted by molar-refractivity contribution is -0.124. The van der Waals surface area contributed by atoms with Gasteiger partial charge >= 0.3 is 0 Å². The Bertz CT molecular complexity index is 354. The van der Waals surface area contributed by atoms with Crippen LogP contribution in [0.1, 0.15) is 25.7 Å². The molecule has 4 nitrogen and oxygen atoms in total. The topological polar surface area (TPSA) is 68.3 Å². The fourth-order valence-electron chi connectivity index (χ4n) is 1.22. The van der Waals surface area contributed by atoms with Gasteiger partial charge in [0.15, 0.2) is 17.3 Å². The molecule has 0 bridgehead atoms. The number of hydrogen-bond acceptors (Lipinski definition) is 4. The minimum atomic E-state index is -0.395. The van der Waals surface area contributed by atoms with Gasteiger partial charge in [-0.05, 0) is 24.3 Å². The number of carbonyl (C=O) groups excluding carboxylic acids is 4. The van der Waals surface area contributed by atoms with E-state index in [0.717, 1.165) is 24.3 Å². The molecule has 0 aliphatic heterocycles. The van der Waals surface area contributed by atoms with Gasteiger partial charge in [0.05, 0.1) is 0 Å². The normalized spacial score (nSPS) is 23.5. The van der Waals surface area contributed by atoms with Crippen LogP contribution in [-0.4, -0.2) is 23.1 Å².